The third-order valence-electron chi connectivity index (χ3n) is 1.77. The van der Waals surface area contributed by atoms with Gasteiger partial charge in [0.05, 0.1) is 12.7 Å². The second kappa shape index (κ2) is 7.22. The number of esters is 1. The summed E-state index contributed by atoms with van der Waals surface area (Å²) in [6, 6.07) is 6.17. The van der Waals surface area contributed by atoms with Gasteiger partial charge in [0.25, 0.3) is 0 Å². The van der Waals surface area contributed by atoms with Crippen molar-refractivity contribution in [2.75, 3.05) is 7.11 Å². The molecule has 0 saturated carbocycles. The molecule has 0 unspecified atom stereocenters. The first-order valence-electron chi connectivity index (χ1n) is 4.23. The van der Waals surface area contributed by atoms with Crippen LogP contribution in [0.3, 0.4) is 0 Å². The van der Waals surface area contributed by atoms with Crippen molar-refractivity contribution in [2.24, 2.45) is 0 Å². The van der Waals surface area contributed by atoms with Gasteiger partial charge in [-0.15, -0.1) is 0 Å². The Bertz CT molecular complexity index is 400. The molecular weight excluding hydrogens is 219 g/mol. The van der Waals surface area contributed by atoms with Crippen molar-refractivity contribution in [3.63, 3.8) is 0 Å². The fourth-order valence-electron chi connectivity index (χ4n) is 0.969. The van der Waals surface area contributed by atoms with Gasteiger partial charge >= 0.3 is 41.5 Å². The molecule has 0 amide bonds. The Hall–Kier alpha value is -1.10. The van der Waals surface area contributed by atoms with Gasteiger partial charge in [-0.2, -0.15) is 0 Å². The summed E-state index contributed by atoms with van der Waals surface area (Å²) in [7, 11) is 1.29. The van der Waals surface area contributed by atoms with Crippen molar-refractivity contribution in [1.29, 1.82) is 0 Å². The fraction of sp³-hybridized carbons (Fsp3) is 0.0909. The van der Waals surface area contributed by atoms with E-state index in [-0.39, 0.29) is 36.5 Å². The van der Waals surface area contributed by atoms with Gasteiger partial charge < -0.3 is 11.3 Å². The standard InChI is InChI=1S/C11H10O4.Na.H/c1-15-10(12)7-4-8-2-5-9(6-3-8)11(13)14;;/h2-7H,1H3,(H,13,14);;/q;+1;-1/b7-4+;;. The molecule has 0 atom stereocenters. The quantitative estimate of drug-likeness (QED) is 0.398. The molecule has 4 nitrogen and oxygen atoms in total. The Labute approximate surface area is 117 Å². The minimum absolute atomic E-state index is 0. The van der Waals surface area contributed by atoms with Gasteiger partial charge in [-0.1, -0.05) is 12.1 Å². The molecule has 0 heterocycles. The summed E-state index contributed by atoms with van der Waals surface area (Å²) in [5.41, 5.74) is 0.954. The molecule has 0 saturated heterocycles. The maximum Gasteiger partial charge on any atom is 1.00 e. The molecule has 0 fully saturated rings. The first-order valence-corrected chi connectivity index (χ1v) is 4.23. The van der Waals surface area contributed by atoms with Crippen molar-refractivity contribution in [3.8, 4) is 0 Å². The Morgan fingerprint density at radius 1 is 1.31 bits per heavy atom. The van der Waals surface area contributed by atoms with E-state index >= 15 is 0 Å². The van der Waals surface area contributed by atoms with Crippen LogP contribution in [0.2, 0.25) is 0 Å². The van der Waals surface area contributed by atoms with Gasteiger partial charge in [0.1, 0.15) is 0 Å². The molecule has 0 bridgehead atoms. The Kier molecular flexibility index (Phi) is 6.72. The van der Waals surface area contributed by atoms with Crippen LogP contribution < -0.4 is 29.6 Å². The largest absolute Gasteiger partial charge is 1.00 e. The zero-order valence-electron chi connectivity index (χ0n) is 10.1. The van der Waals surface area contributed by atoms with Crippen LogP contribution in [-0.2, 0) is 9.53 Å². The molecule has 5 heteroatoms. The number of carbonyl (C=O) groups is 2. The summed E-state index contributed by atoms with van der Waals surface area (Å²) in [5.74, 6) is -1.42. The molecular formula is C11H11NaO4. The summed E-state index contributed by atoms with van der Waals surface area (Å²) in [4.78, 5) is 21.3. The molecule has 0 aromatic heterocycles. The van der Waals surface area contributed by atoms with Crippen molar-refractivity contribution < 1.29 is 50.4 Å². The topological polar surface area (TPSA) is 63.6 Å². The average Bonchev–Trinajstić information content (AvgIpc) is 2.26. The molecule has 1 aromatic rings. The summed E-state index contributed by atoms with van der Waals surface area (Å²) in [6.45, 7) is 0. The first kappa shape index (κ1) is 14.9. The third kappa shape index (κ3) is 4.61. The Balaban J connectivity index is 0. The molecule has 0 aliphatic heterocycles. The number of rotatable bonds is 3. The number of carbonyl (C=O) groups excluding carboxylic acids is 1. The maximum atomic E-state index is 10.8. The first-order chi connectivity index (χ1) is 7.13. The van der Waals surface area contributed by atoms with E-state index in [0.29, 0.717) is 0 Å². The summed E-state index contributed by atoms with van der Waals surface area (Å²) in [6.07, 6.45) is 2.83. The van der Waals surface area contributed by atoms with Gasteiger partial charge in [0, 0.05) is 6.08 Å². The smallest absolute Gasteiger partial charge is 1.00 e. The van der Waals surface area contributed by atoms with Crippen LogP contribution in [0.5, 0.6) is 0 Å². The zero-order valence-corrected chi connectivity index (χ0v) is 11.1. The molecule has 1 aromatic carbocycles. The second-order valence-electron chi connectivity index (χ2n) is 2.78. The molecule has 1 rings (SSSR count). The number of carboxylic acids is 1. The summed E-state index contributed by atoms with van der Waals surface area (Å²) < 4.78 is 4.41. The fourth-order valence-corrected chi connectivity index (χ4v) is 0.969. The van der Waals surface area contributed by atoms with Crippen molar-refractivity contribution in [3.05, 3.63) is 41.5 Å². The molecule has 0 aliphatic rings. The third-order valence-corrected chi connectivity index (χ3v) is 1.77. The minimum Gasteiger partial charge on any atom is -1.00 e. The molecule has 80 valence electrons. The Morgan fingerprint density at radius 2 is 1.88 bits per heavy atom. The monoisotopic (exact) mass is 230 g/mol. The van der Waals surface area contributed by atoms with Crippen LogP contribution in [0, 0.1) is 0 Å². The van der Waals surface area contributed by atoms with E-state index < -0.39 is 11.9 Å². The van der Waals surface area contributed by atoms with Crippen LogP contribution in [0.1, 0.15) is 17.3 Å². The second-order valence-corrected chi connectivity index (χ2v) is 2.78. The number of benzene rings is 1. The number of methoxy groups -OCH3 is 1. The van der Waals surface area contributed by atoms with E-state index in [1.807, 2.05) is 0 Å². The van der Waals surface area contributed by atoms with E-state index in [0.717, 1.165) is 5.56 Å². The van der Waals surface area contributed by atoms with Crippen LogP contribution >= 0.6 is 0 Å². The molecule has 1 N–H and O–H groups in total. The SMILES string of the molecule is COC(=O)/C=C/c1ccc(C(=O)O)cc1.[H-].[Na+]. The van der Waals surface area contributed by atoms with Gasteiger partial charge in [-0.05, 0) is 23.8 Å². The number of carboxylic acid groups (broad SMARTS) is 1. The van der Waals surface area contributed by atoms with Gasteiger partial charge in [-0.3, -0.25) is 0 Å². The van der Waals surface area contributed by atoms with Crippen molar-refractivity contribution >= 4 is 18.0 Å². The van der Waals surface area contributed by atoms with E-state index in [9.17, 15) is 9.59 Å². The number of hydrogen-bond acceptors (Lipinski definition) is 3. The van der Waals surface area contributed by atoms with Gasteiger partial charge in [0.15, 0.2) is 0 Å². The normalized spacial score (nSPS) is 9.56. The van der Waals surface area contributed by atoms with Crippen molar-refractivity contribution in [2.45, 2.75) is 0 Å². The molecule has 0 aliphatic carbocycles. The van der Waals surface area contributed by atoms with E-state index in [4.69, 9.17) is 5.11 Å². The van der Waals surface area contributed by atoms with Crippen LogP contribution in [0.4, 0.5) is 0 Å². The van der Waals surface area contributed by atoms with Crippen LogP contribution in [0.25, 0.3) is 6.08 Å². The maximum absolute atomic E-state index is 10.8. The summed E-state index contributed by atoms with van der Waals surface area (Å²) >= 11 is 0. The number of hydrogen-bond donors (Lipinski definition) is 1. The minimum atomic E-state index is -0.974. The predicted octanol–water partition coefficient (Wildman–Crippen LogP) is -1.31. The average molecular weight is 230 g/mol. The molecule has 0 radical (unpaired) electrons. The van der Waals surface area contributed by atoms with Crippen LogP contribution in [0.15, 0.2) is 30.3 Å². The summed E-state index contributed by atoms with van der Waals surface area (Å²) in [5, 5.41) is 8.64. The number of aromatic carboxylic acids is 1. The molecule has 0 spiro atoms. The predicted molar refractivity (Wildman–Crippen MR) is 55.6 cm³/mol. The van der Waals surface area contributed by atoms with E-state index in [2.05, 4.69) is 4.74 Å². The van der Waals surface area contributed by atoms with E-state index in [1.165, 1.54) is 25.3 Å². The Morgan fingerprint density at radius 3 is 2.31 bits per heavy atom. The zero-order chi connectivity index (χ0) is 11.3. The van der Waals surface area contributed by atoms with Crippen molar-refractivity contribution in [1.82, 2.24) is 0 Å². The van der Waals surface area contributed by atoms with Crippen LogP contribution in [-0.4, -0.2) is 24.2 Å². The van der Waals surface area contributed by atoms with E-state index in [1.54, 1.807) is 18.2 Å². The van der Waals surface area contributed by atoms with Gasteiger partial charge in [-0.25, -0.2) is 9.59 Å². The number of ether oxygens (including phenoxy) is 1. The van der Waals surface area contributed by atoms with Gasteiger partial charge in [0.2, 0.25) is 0 Å². The molecule has 16 heavy (non-hydrogen) atoms.